The van der Waals surface area contributed by atoms with Gasteiger partial charge in [0.25, 0.3) is 5.91 Å². The zero-order chi connectivity index (χ0) is 20.7. The van der Waals surface area contributed by atoms with Crippen molar-refractivity contribution in [2.45, 2.75) is 27.7 Å². The van der Waals surface area contributed by atoms with Crippen LogP contribution in [0.1, 0.15) is 30.5 Å². The van der Waals surface area contributed by atoms with Crippen molar-refractivity contribution < 1.29 is 14.3 Å². The number of nitrogens with one attached hydrogen (secondary N) is 1. The minimum absolute atomic E-state index is 0.0186. The molecule has 0 saturated carbocycles. The number of carbonyl (C=O) groups is 1. The van der Waals surface area contributed by atoms with Crippen LogP contribution >= 0.6 is 22.6 Å². The molecule has 146 valence electrons. The molecule has 28 heavy (non-hydrogen) atoms. The van der Waals surface area contributed by atoms with E-state index in [1.54, 1.807) is 12.1 Å². The van der Waals surface area contributed by atoms with Crippen LogP contribution in [0.4, 0.5) is 5.69 Å². The summed E-state index contributed by atoms with van der Waals surface area (Å²) in [4.78, 5) is 12.7. The zero-order valence-electron chi connectivity index (χ0n) is 16.4. The molecule has 0 aliphatic carbocycles. The number of para-hydroxylation sites is 1. The van der Waals surface area contributed by atoms with Crippen molar-refractivity contribution in [2.75, 3.05) is 18.5 Å². The van der Waals surface area contributed by atoms with Gasteiger partial charge < -0.3 is 14.8 Å². The van der Waals surface area contributed by atoms with Crippen LogP contribution in [0, 0.1) is 28.7 Å². The van der Waals surface area contributed by atoms with E-state index in [1.165, 1.54) is 0 Å². The van der Waals surface area contributed by atoms with Gasteiger partial charge in [0.1, 0.15) is 11.6 Å². The Balaban J connectivity index is 2.38. The average Bonchev–Trinajstić information content (AvgIpc) is 2.65. The number of rotatable bonds is 7. The summed E-state index contributed by atoms with van der Waals surface area (Å²) < 4.78 is 12.2. The van der Waals surface area contributed by atoms with Gasteiger partial charge in [-0.05, 0) is 85.2 Å². The highest BCUT2D eigenvalue weighted by molar-refractivity contribution is 14.1. The molecule has 0 spiro atoms. The molecule has 1 N–H and O–H groups in total. The average molecular weight is 490 g/mol. The number of carbonyl (C=O) groups excluding carboxylic acids is 1. The second kappa shape index (κ2) is 10.1. The van der Waals surface area contributed by atoms with E-state index in [-0.39, 0.29) is 5.57 Å². The Morgan fingerprint density at radius 2 is 1.82 bits per heavy atom. The van der Waals surface area contributed by atoms with Crippen LogP contribution in [0.3, 0.4) is 0 Å². The molecule has 0 heterocycles. The minimum Gasteiger partial charge on any atom is -0.490 e. The maximum Gasteiger partial charge on any atom is 0.266 e. The Kier molecular flexibility index (Phi) is 7.88. The van der Waals surface area contributed by atoms with Gasteiger partial charge in [-0.25, -0.2) is 0 Å². The highest BCUT2D eigenvalue weighted by atomic mass is 127. The molecule has 5 nitrogen and oxygen atoms in total. The number of hydrogen-bond acceptors (Lipinski definition) is 4. The first-order chi connectivity index (χ1) is 13.4. The van der Waals surface area contributed by atoms with E-state index in [9.17, 15) is 10.1 Å². The van der Waals surface area contributed by atoms with Gasteiger partial charge in [-0.2, -0.15) is 5.26 Å². The van der Waals surface area contributed by atoms with Crippen molar-refractivity contribution in [3.8, 4) is 17.6 Å². The minimum atomic E-state index is -0.443. The number of nitriles is 1. The molecule has 2 aromatic rings. The van der Waals surface area contributed by atoms with E-state index in [0.717, 1.165) is 20.4 Å². The van der Waals surface area contributed by atoms with Crippen molar-refractivity contribution in [2.24, 2.45) is 0 Å². The van der Waals surface area contributed by atoms with Crippen LogP contribution in [-0.4, -0.2) is 19.1 Å². The predicted molar refractivity (Wildman–Crippen MR) is 120 cm³/mol. The van der Waals surface area contributed by atoms with Gasteiger partial charge in [-0.15, -0.1) is 0 Å². The van der Waals surface area contributed by atoms with E-state index >= 15 is 0 Å². The number of ether oxygens (including phenoxy) is 2. The molecule has 0 aromatic heterocycles. The summed E-state index contributed by atoms with van der Waals surface area (Å²) >= 11 is 2.16. The number of nitrogens with zero attached hydrogens (tertiary/aromatic N) is 1. The largest absolute Gasteiger partial charge is 0.490 e. The lowest BCUT2D eigenvalue weighted by atomic mass is 10.1. The molecule has 0 aliphatic heterocycles. The Morgan fingerprint density at radius 1 is 1.18 bits per heavy atom. The molecule has 0 fully saturated rings. The van der Waals surface area contributed by atoms with Gasteiger partial charge >= 0.3 is 0 Å². The lowest BCUT2D eigenvalue weighted by molar-refractivity contribution is -0.112. The van der Waals surface area contributed by atoms with E-state index in [1.807, 2.05) is 58.0 Å². The fourth-order valence-corrected chi connectivity index (χ4v) is 3.51. The van der Waals surface area contributed by atoms with Crippen molar-refractivity contribution in [1.82, 2.24) is 0 Å². The Labute approximate surface area is 179 Å². The molecule has 2 rings (SSSR count). The summed E-state index contributed by atoms with van der Waals surface area (Å²) in [6.45, 7) is 8.65. The number of anilines is 1. The normalized spacial score (nSPS) is 10.9. The predicted octanol–water partition coefficient (Wildman–Crippen LogP) is 5.25. The molecule has 0 aliphatic rings. The fraction of sp³-hybridized carbons (Fsp3) is 0.273. The van der Waals surface area contributed by atoms with Gasteiger partial charge in [-0.3, -0.25) is 4.79 Å². The molecule has 1 amide bonds. The van der Waals surface area contributed by atoms with E-state index < -0.39 is 5.91 Å². The van der Waals surface area contributed by atoms with Gasteiger partial charge in [-0.1, -0.05) is 18.2 Å². The Morgan fingerprint density at radius 3 is 2.39 bits per heavy atom. The molecular weight excluding hydrogens is 467 g/mol. The van der Waals surface area contributed by atoms with Gasteiger partial charge in [0.15, 0.2) is 11.5 Å². The first-order valence-electron chi connectivity index (χ1n) is 8.99. The highest BCUT2D eigenvalue weighted by Gasteiger charge is 2.15. The zero-order valence-corrected chi connectivity index (χ0v) is 18.6. The second-order valence-electron chi connectivity index (χ2n) is 6.09. The third-order valence-electron chi connectivity index (χ3n) is 4.02. The Bertz CT molecular complexity index is 925. The number of halogens is 1. The highest BCUT2D eigenvalue weighted by Crippen LogP contribution is 2.35. The topological polar surface area (TPSA) is 71.3 Å². The quantitative estimate of drug-likeness (QED) is 0.327. The molecular formula is C22H23IN2O3. The summed E-state index contributed by atoms with van der Waals surface area (Å²) in [6.07, 6.45) is 1.56. The van der Waals surface area contributed by atoms with E-state index in [2.05, 4.69) is 27.9 Å². The van der Waals surface area contributed by atoms with Crippen LogP contribution in [-0.2, 0) is 4.79 Å². The van der Waals surface area contributed by atoms with Crippen molar-refractivity contribution in [3.63, 3.8) is 0 Å². The van der Waals surface area contributed by atoms with E-state index in [0.29, 0.717) is 30.3 Å². The summed E-state index contributed by atoms with van der Waals surface area (Å²) in [6, 6.07) is 11.4. The fourth-order valence-electron chi connectivity index (χ4n) is 2.73. The van der Waals surface area contributed by atoms with E-state index in [4.69, 9.17) is 9.47 Å². The van der Waals surface area contributed by atoms with Crippen LogP contribution < -0.4 is 14.8 Å². The maximum atomic E-state index is 12.7. The van der Waals surface area contributed by atoms with Gasteiger partial charge in [0.05, 0.1) is 16.8 Å². The molecule has 0 unspecified atom stereocenters. The van der Waals surface area contributed by atoms with Crippen molar-refractivity contribution in [3.05, 3.63) is 56.2 Å². The molecule has 0 bridgehead atoms. The van der Waals surface area contributed by atoms with Crippen LogP contribution in [0.25, 0.3) is 6.08 Å². The summed E-state index contributed by atoms with van der Waals surface area (Å²) in [5.41, 5.74) is 3.33. The first-order valence-corrected chi connectivity index (χ1v) is 10.1. The van der Waals surface area contributed by atoms with Crippen LogP contribution in [0.2, 0.25) is 0 Å². The first kappa shape index (κ1) is 21.8. The second-order valence-corrected chi connectivity index (χ2v) is 7.25. The molecule has 0 radical (unpaired) electrons. The number of hydrogen-bond donors (Lipinski definition) is 1. The van der Waals surface area contributed by atoms with Crippen LogP contribution in [0.15, 0.2) is 35.9 Å². The molecule has 0 saturated heterocycles. The third-order valence-corrected chi connectivity index (χ3v) is 4.82. The number of amides is 1. The summed E-state index contributed by atoms with van der Waals surface area (Å²) in [5.74, 6) is 0.817. The molecule has 0 atom stereocenters. The standard InChI is InChI=1S/C22H23IN2O3/c1-5-27-19-12-16(11-18(23)21(19)28-6-2)10-17(13-24)22(26)25-20-14(3)8-7-9-15(20)4/h7-12H,5-6H2,1-4H3,(H,25,26)/b17-10-. The summed E-state index contributed by atoms with van der Waals surface area (Å²) in [5, 5.41) is 12.4. The lowest BCUT2D eigenvalue weighted by Crippen LogP contribution is -2.15. The third kappa shape index (κ3) is 5.26. The molecule has 6 heteroatoms. The monoisotopic (exact) mass is 490 g/mol. The van der Waals surface area contributed by atoms with Crippen molar-refractivity contribution in [1.29, 1.82) is 5.26 Å². The molecule has 2 aromatic carbocycles. The SMILES string of the molecule is CCOc1cc(/C=C(/C#N)C(=O)Nc2c(C)cccc2C)cc(I)c1OCC. The van der Waals surface area contributed by atoms with Gasteiger partial charge in [0.2, 0.25) is 0 Å². The van der Waals surface area contributed by atoms with Crippen molar-refractivity contribution >= 4 is 40.3 Å². The van der Waals surface area contributed by atoms with Gasteiger partial charge in [0, 0.05) is 5.69 Å². The lowest BCUT2D eigenvalue weighted by Gasteiger charge is -2.14. The number of benzene rings is 2. The smallest absolute Gasteiger partial charge is 0.266 e. The number of aryl methyl sites for hydroxylation is 2. The Hall–Kier alpha value is -2.53. The maximum absolute atomic E-state index is 12.7. The van der Waals surface area contributed by atoms with Crippen LogP contribution in [0.5, 0.6) is 11.5 Å². The summed E-state index contributed by atoms with van der Waals surface area (Å²) in [7, 11) is 0.